The van der Waals surface area contributed by atoms with Gasteiger partial charge in [-0.15, -0.1) is 0 Å². The number of thioether (sulfide) groups is 1. The summed E-state index contributed by atoms with van der Waals surface area (Å²) in [5, 5.41) is 12.6. The normalized spacial score (nSPS) is 30.2. The quantitative estimate of drug-likeness (QED) is 0.835. The van der Waals surface area contributed by atoms with Crippen LogP contribution in [-0.2, 0) is 4.79 Å². The average Bonchev–Trinajstić information content (AvgIpc) is 2.86. The van der Waals surface area contributed by atoms with Gasteiger partial charge in [0.25, 0.3) is 0 Å². The molecule has 1 heterocycles. The van der Waals surface area contributed by atoms with Crippen LogP contribution in [0.15, 0.2) is 0 Å². The lowest BCUT2D eigenvalue weighted by Crippen LogP contribution is -2.46. The molecule has 20 heavy (non-hydrogen) atoms. The Bertz CT molecular complexity index is 364. The second kappa shape index (κ2) is 7.20. The molecule has 0 spiro atoms. The summed E-state index contributed by atoms with van der Waals surface area (Å²) in [7, 11) is 0. The van der Waals surface area contributed by atoms with Crippen molar-refractivity contribution in [1.82, 2.24) is 10.2 Å². The highest BCUT2D eigenvalue weighted by Crippen LogP contribution is 2.27. The fourth-order valence-electron chi connectivity index (χ4n) is 3.19. The molecule has 0 bridgehead atoms. The molecular weight excluding hydrogens is 276 g/mol. The number of carboxylic acids is 1. The van der Waals surface area contributed by atoms with Crippen LogP contribution in [0.2, 0.25) is 0 Å². The summed E-state index contributed by atoms with van der Waals surface area (Å²) in [5.74, 6) is -0.657. The molecule has 114 valence electrons. The topological polar surface area (TPSA) is 69.6 Å². The maximum absolute atomic E-state index is 12.2. The first-order valence-corrected chi connectivity index (χ1v) is 8.67. The van der Waals surface area contributed by atoms with E-state index in [1.54, 1.807) is 4.90 Å². The highest BCUT2D eigenvalue weighted by molar-refractivity contribution is 7.99. The fourth-order valence-corrected chi connectivity index (χ4v) is 4.01. The van der Waals surface area contributed by atoms with Crippen LogP contribution in [0.1, 0.15) is 38.5 Å². The van der Waals surface area contributed by atoms with Crippen LogP contribution in [0.4, 0.5) is 4.79 Å². The smallest absolute Gasteiger partial charge is 0.317 e. The monoisotopic (exact) mass is 300 g/mol. The van der Waals surface area contributed by atoms with Crippen LogP contribution in [0.3, 0.4) is 0 Å². The van der Waals surface area contributed by atoms with E-state index in [0.717, 1.165) is 19.3 Å². The number of carboxylic acid groups (broad SMARTS) is 1. The van der Waals surface area contributed by atoms with Gasteiger partial charge in [0.1, 0.15) is 0 Å². The predicted octanol–water partition coefficient (Wildman–Crippen LogP) is 2.17. The Morgan fingerprint density at radius 3 is 2.85 bits per heavy atom. The zero-order valence-electron chi connectivity index (χ0n) is 12.0. The number of hydrogen-bond donors (Lipinski definition) is 2. The lowest BCUT2D eigenvalue weighted by Gasteiger charge is -2.30. The lowest BCUT2D eigenvalue weighted by molar-refractivity contribution is -0.138. The largest absolute Gasteiger partial charge is 0.481 e. The van der Waals surface area contributed by atoms with Crippen LogP contribution in [0.25, 0.3) is 0 Å². The molecule has 2 amide bonds. The Morgan fingerprint density at radius 2 is 2.15 bits per heavy atom. The molecule has 3 atom stereocenters. The molecule has 1 aliphatic heterocycles. The van der Waals surface area contributed by atoms with Crippen molar-refractivity contribution in [3.05, 3.63) is 0 Å². The van der Waals surface area contributed by atoms with Gasteiger partial charge in [0.15, 0.2) is 0 Å². The van der Waals surface area contributed by atoms with E-state index in [-0.39, 0.29) is 24.4 Å². The van der Waals surface area contributed by atoms with Crippen molar-refractivity contribution in [2.75, 3.05) is 19.3 Å². The Balaban J connectivity index is 1.76. The van der Waals surface area contributed by atoms with Gasteiger partial charge in [-0.3, -0.25) is 4.79 Å². The fraction of sp³-hybridized carbons (Fsp3) is 0.857. The SMILES string of the molecule is CSC1CCCC(NC(=O)N2CCC(CC(=O)O)C2)C1. The second-order valence-electron chi connectivity index (χ2n) is 5.87. The molecule has 5 nitrogen and oxygen atoms in total. The van der Waals surface area contributed by atoms with Gasteiger partial charge in [-0.25, -0.2) is 4.79 Å². The molecule has 0 radical (unpaired) electrons. The molecule has 1 saturated heterocycles. The number of urea groups is 1. The van der Waals surface area contributed by atoms with E-state index in [1.165, 1.54) is 12.8 Å². The van der Waals surface area contributed by atoms with Gasteiger partial charge in [-0.05, 0) is 37.9 Å². The van der Waals surface area contributed by atoms with Crippen LogP contribution in [-0.4, -0.2) is 52.6 Å². The Hall–Kier alpha value is -0.910. The third-order valence-electron chi connectivity index (χ3n) is 4.32. The third-order valence-corrected chi connectivity index (χ3v) is 5.42. The zero-order chi connectivity index (χ0) is 14.5. The van der Waals surface area contributed by atoms with Crippen LogP contribution >= 0.6 is 11.8 Å². The van der Waals surface area contributed by atoms with Gasteiger partial charge in [0, 0.05) is 30.8 Å². The van der Waals surface area contributed by atoms with Crippen LogP contribution < -0.4 is 5.32 Å². The highest BCUT2D eigenvalue weighted by atomic mass is 32.2. The Kier molecular flexibility index (Phi) is 5.57. The highest BCUT2D eigenvalue weighted by Gasteiger charge is 2.30. The van der Waals surface area contributed by atoms with Gasteiger partial charge in [-0.1, -0.05) is 6.42 Å². The Morgan fingerprint density at radius 1 is 1.35 bits per heavy atom. The van der Waals surface area contributed by atoms with Crippen LogP contribution in [0, 0.1) is 5.92 Å². The molecular formula is C14H24N2O3S. The molecule has 0 aromatic carbocycles. The molecule has 2 rings (SSSR count). The first-order valence-electron chi connectivity index (χ1n) is 7.38. The van der Waals surface area contributed by atoms with Crippen molar-refractivity contribution in [3.63, 3.8) is 0 Å². The molecule has 2 fully saturated rings. The number of nitrogens with zero attached hydrogens (tertiary/aromatic N) is 1. The number of rotatable bonds is 4. The van der Waals surface area contributed by atoms with E-state index in [1.807, 2.05) is 11.8 Å². The van der Waals surface area contributed by atoms with Crippen molar-refractivity contribution < 1.29 is 14.7 Å². The number of carbonyl (C=O) groups is 2. The maximum Gasteiger partial charge on any atom is 0.317 e. The van der Waals surface area contributed by atoms with E-state index in [2.05, 4.69) is 11.6 Å². The predicted molar refractivity (Wildman–Crippen MR) is 80.0 cm³/mol. The summed E-state index contributed by atoms with van der Waals surface area (Å²) < 4.78 is 0. The van der Waals surface area contributed by atoms with Gasteiger partial charge in [0.2, 0.25) is 0 Å². The van der Waals surface area contributed by atoms with E-state index >= 15 is 0 Å². The summed E-state index contributed by atoms with van der Waals surface area (Å²) in [5.41, 5.74) is 0. The molecule has 1 aliphatic carbocycles. The molecule has 2 N–H and O–H groups in total. The van der Waals surface area contributed by atoms with E-state index in [0.29, 0.717) is 18.3 Å². The van der Waals surface area contributed by atoms with Gasteiger partial charge in [0.05, 0.1) is 0 Å². The summed E-state index contributed by atoms with van der Waals surface area (Å²) in [6.45, 7) is 1.26. The van der Waals surface area contributed by atoms with E-state index in [4.69, 9.17) is 5.11 Å². The van der Waals surface area contributed by atoms with Gasteiger partial charge < -0.3 is 15.3 Å². The molecule has 3 unspecified atom stereocenters. The molecule has 0 aromatic heterocycles. The van der Waals surface area contributed by atoms with Gasteiger partial charge >= 0.3 is 12.0 Å². The molecule has 1 saturated carbocycles. The van der Waals surface area contributed by atoms with Crippen molar-refractivity contribution in [2.45, 2.75) is 49.8 Å². The van der Waals surface area contributed by atoms with Crippen molar-refractivity contribution in [2.24, 2.45) is 5.92 Å². The lowest BCUT2D eigenvalue weighted by atomic mass is 9.95. The summed E-state index contributed by atoms with van der Waals surface area (Å²) in [6, 6.07) is 0.275. The maximum atomic E-state index is 12.2. The van der Waals surface area contributed by atoms with Gasteiger partial charge in [-0.2, -0.15) is 11.8 Å². The number of aliphatic carboxylic acids is 1. The first kappa shape index (κ1) is 15.5. The van der Waals surface area contributed by atoms with Crippen molar-refractivity contribution in [1.29, 1.82) is 0 Å². The van der Waals surface area contributed by atoms with E-state index < -0.39 is 5.97 Å². The summed E-state index contributed by atoms with van der Waals surface area (Å²) in [6.07, 6.45) is 7.65. The molecule has 2 aliphatic rings. The van der Waals surface area contributed by atoms with Crippen LogP contribution in [0.5, 0.6) is 0 Å². The minimum atomic E-state index is -0.771. The number of carbonyl (C=O) groups excluding carboxylic acids is 1. The zero-order valence-corrected chi connectivity index (χ0v) is 12.8. The Labute approximate surface area is 124 Å². The van der Waals surface area contributed by atoms with E-state index in [9.17, 15) is 9.59 Å². The molecule has 6 heteroatoms. The third kappa shape index (κ3) is 4.30. The second-order valence-corrected chi connectivity index (χ2v) is 7.01. The minimum absolute atomic E-state index is 0.00959. The number of nitrogens with one attached hydrogen (secondary N) is 1. The number of likely N-dealkylation sites (tertiary alicyclic amines) is 1. The first-order chi connectivity index (χ1) is 9.58. The number of hydrogen-bond acceptors (Lipinski definition) is 3. The number of amides is 2. The van der Waals surface area contributed by atoms with Crippen molar-refractivity contribution >= 4 is 23.8 Å². The van der Waals surface area contributed by atoms with Crippen molar-refractivity contribution in [3.8, 4) is 0 Å². The standard InChI is InChI=1S/C14H24N2O3S/c1-20-12-4-2-3-11(8-12)15-14(19)16-6-5-10(9-16)7-13(17)18/h10-12H,2-9H2,1H3,(H,15,19)(H,17,18). The summed E-state index contributed by atoms with van der Waals surface area (Å²) in [4.78, 5) is 24.7. The minimum Gasteiger partial charge on any atom is -0.481 e. The average molecular weight is 300 g/mol. The molecule has 0 aromatic rings. The summed E-state index contributed by atoms with van der Waals surface area (Å²) >= 11 is 1.89.